The minimum absolute atomic E-state index is 0.0649. The molecule has 0 heterocycles. The Balaban J connectivity index is 1.93. The highest BCUT2D eigenvalue weighted by Crippen LogP contribution is 2.71. The van der Waals surface area contributed by atoms with Crippen LogP contribution in [0.15, 0.2) is 35.5 Å². The number of fused-ring (bicyclic) bond motifs is 3. The molecule has 3 rings (SSSR count). The van der Waals surface area contributed by atoms with Crippen LogP contribution in [0.25, 0.3) is 0 Å². The predicted molar refractivity (Wildman–Crippen MR) is 135 cm³/mol. The summed E-state index contributed by atoms with van der Waals surface area (Å²) in [5, 5.41) is 9.48. The number of hydrogen-bond donors (Lipinski definition) is 1. The minimum Gasteiger partial charge on any atom is -0.481 e. The van der Waals surface area contributed by atoms with Gasteiger partial charge in [-0.2, -0.15) is 0 Å². The molecule has 0 radical (unpaired) electrons. The van der Waals surface area contributed by atoms with Crippen LogP contribution in [0.3, 0.4) is 0 Å². The second-order valence-corrected chi connectivity index (χ2v) is 12.5. The molecule has 0 unspecified atom stereocenters. The predicted octanol–water partition coefficient (Wildman–Crippen LogP) is 8.60. The van der Waals surface area contributed by atoms with Gasteiger partial charge in [-0.25, -0.2) is 0 Å². The second-order valence-electron chi connectivity index (χ2n) is 12.5. The van der Waals surface area contributed by atoms with Crippen molar-refractivity contribution in [2.75, 3.05) is 0 Å². The number of aliphatic carboxylic acids is 1. The molecule has 0 aromatic heterocycles. The van der Waals surface area contributed by atoms with Crippen molar-refractivity contribution < 1.29 is 9.90 Å². The van der Waals surface area contributed by atoms with E-state index in [2.05, 4.69) is 67.2 Å². The van der Waals surface area contributed by atoms with Gasteiger partial charge in [-0.3, -0.25) is 4.79 Å². The highest BCUT2D eigenvalue weighted by Gasteiger charge is 2.63. The lowest BCUT2D eigenvalue weighted by atomic mass is 9.44. The molecule has 3 aliphatic carbocycles. The molecule has 0 spiro atoms. The SMILES string of the molecule is C=C(C)[C@@H]1CC[C@@H]2C(=CC[C@]3(C)[C@@H]([C@@H](C)CCC=C(C)C)CC[C@@]23C)[C@@]1(C)CCC(=O)O. The normalized spacial score (nSPS) is 39.5. The molecular weight excluding hydrogens is 392 g/mol. The Hall–Kier alpha value is -1.31. The summed E-state index contributed by atoms with van der Waals surface area (Å²) in [5.41, 5.74) is 4.83. The molecular formula is C30H48O2. The van der Waals surface area contributed by atoms with Gasteiger partial charge in [0.2, 0.25) is 0 Å². The van der Waals surface area contributed by atoms with Crippen LogP contribution in [0.2, 0.25) is 0 Å². The van der Waals surface area contributed by atoms with E-state index >= 15 is 0 Å². The fourth-order valence-corrected chi connectivity index (χ4v) is 8.43. The Kier molecular flexibility index (Phi) is 7.24. The van der Waals surface area contributed by atoms with E-state index in [9.17, 15) is 9.90 Å². The molecule has 3 aliphatic rings. The van der Waals surface area contributed by atoms with Gasteiger partial charge in [-0.05, 0) is 112 Å². The van der Waals surface area contributed by atoms with Crippen LogP contribution >= 0.6 is 0 Å². The third-order valence-corrected chi connectivity index (χ3v) is 10.5. The van der Waals surface area contributed by atoms with Crippen molar-refractivity contribution in [3.05, 3.63) is 35.5 Å². The van der Waals surface area contributed by atoms with Crippen LogP contribution in [0, 0.1) is 39.9 Å². The van der Waals surface area contributed by atoms with Crippen LogP contribution < -0.4 is 0 Å². The first kappa shape index (κ1) is 25.3. The quantitative estimate of drug-likeness (QED) is 0.384. The second kappa shape index (κ2) is 9.15. The van der Waals surface area contributed by atoms with E-state index in [-0.39, 0.29) is 11.8 Å². The molecule has 0 aromatic carbocycles. The lowest BCUT2D eigenvalue weighted by Crippen LogP contribution is -2.52. The van der Waals surface area contributed by atoms with Crippen molar-refractivity contribution in [1.82, 2.24) is 0 Å². The fourth-order valence-electron chi connectivity index (χ4n) is 8.43. The summed E-state index contributed by atoms with van der Waals surface area (Å²) >= 11 is 0. The summed E-state index contributed by atoms with van der Waals surface area (Å²) in [6, 6.07) is 0. The first-order valence-electron chi connectivity index (χ1n) is 13.1. The zero-order valence-electron chi connectivity index (χ0n) is 21.9. The number of carboxylic acids is 1. The van der Waals surface area contributed by atoms with E-state index in [1.807, 2.05) is 0 Å². The standard InChI is InChI=1S/C30H48O2/c1-20(2)10-9-11-22(5)24-14-18-30(8)26-13-12-23(21(3)4)28(6,17-16-27(31)32)25(26)15-19-29(24,30)7/h10,15,22-24,26H,3,9,11-14,16-19H2,1-2,4-8H3,(H,31,32)/t22-,23-,24+,26+,28-,29+,30-/m0/s1. The molecule has 7 atom stereocenters. The summed E-state index contributed by atoms with van der Waals surface area (Å²) in [4.78, 5) is 11.5. The number of carbonyl (C=O) groups is 1. The zero-order chi connectivity index (χ0) is 23.9. The van der Waals surface area contributed by atoms with E-state index in [1.165, 1.54) is 43.3 Å². The maximum absolute atomic E-state index is 11.5. The Labute approximate surface area is 197 Å². The molecule has 2 fully saturated rings. The van der Waals surface area contributed by atoms with Gasteiger partial charge in [0.1, 0.15) is 0 Å². The van der Waals surface area contributed by atoms with E-state index in [1.54, 1.807) is 5.57 Å². The van der Waals surface area contributed by atoms with Crippen molar-refractivity contribution in [1.29, 1.82) is 0 Å². The lowest BCUT2D eigenvalue weighted by molar-refractivity contribution is -0.137. The summed E-state index contributed by atoms with van der Waals surface area (Å²) < 4.78 is 0. The topological polar surface area (TPSA) is 37.3 Å². The number of carboxylic acid groups (broad SMARTS) is 1. The van der Waals surface area contributed by atoms with Crippen LogP contribution in [-0.2, 0) is 4.79 Å². The third-order valence-electron chi connectivity index (χ3n) is 10.5. The van der Waals surface area contributed by atoms with Crippen molar-refractivity contribution in [2.45, 2.75) is 106 Å². The molecule has 0 bridgehead atoms. The van der Waals surface area contributed by atoms with Gasteiger partial charge in [-0.15, -0.1) is 0 Å². The van der Waals surface area contributed by atoms with E-state index < -0.39 is 5.97 Å². The molecule has 0 amide bonds. The first-order chi connectivity index (χ1) is 14.9. The van der Waals surface area contributed by atoms with Crippen LogP contribution in [0.1, 0.15) is 106 Å². The van der Waals surface area contributed by atoms with Crippen molar-refractivity contribution in [3.63, 3.8) is 0 Å². The number of rotatable bonds is 8. The summed E-state index contributed by atoms with van der Waals surface area (Å²) in [6.07, 6.45) is 14.7. The van der Waals surface area contributed by atoms with Crippen LogP contribution in [-0.4, -0.2) is 11.1 Å². The Bertz CT molecular complexity index is 800. The zero-order valence-corrected chi connectivity index (χ0v) is 21.9. The highest BCUT2D eigenvalue weighted by molar-refractivity contribution is 5.66. The monoisotopic (exact) mass is 440 g/mol. The van der Waals surface area contributed by atoms with E-state index in [4.69, 9.17) is 0 Å². The average molecular weight is 441 g/mol. The Morgan fingerprint density at radius 2 is 1.88 bits per heavy atom. The average Bonchev–Trinajstić information content (AvgIpc) is 2.98. The van der Waals surface area contributed by atoms with Gasteiger partial charge in [0, 0.05) is 6.42 Å². The smallest absolute Gasteiger partial charge is 0.303 e. The maximum atomic E-state index is 11.5. The first-order valence-corrected chi connectivity index (χ1v) is 13.1. The van der Waals surface area contributed by atoms with Gasteiger partial charge in [0.05, 0.1) is 0 Å². The lowest BCUT2D eigenvalue weighted by Gasteiger charge is -2.60. The maximum Gasteiger partial charge on any atom is 0.303 e. The van der Waals surface area contributed by atoms with Crippen LogP contribution in [0.4, 0.5) is 0 Å². The summed E-state index contributed by atoms with van der Waals surface area (Å²) in [5.74, 6) is 1.84. The Morgan fingerprint density at radius 1 is 1.19 bits per heavy atom. The van der Waals surface area contributed by atoms with E-state index in [0.717, 1.165) is 31.1 Å². The third kappa shape index (κ3) is 4.16. The molecule has 180 valence electrons. The molecule has 0 saturated heterocycles. The molecule has 2 saturated carbocycles. The highest BCUT2D eigenvalue weighted by atomic mass is 16.4. The van der Waals surface area contributed by atoms with Gasteiger partial charge in [0.25, 0.3) is 0 Å². The largest absolute Gasteiger partial charge is 0.481 e. The molecule has 2 heteroatoms. The van der Waals surface area contributed by atoms with Crippen molar-refractivity contribution in [3.8, 4) is 0 Å². The summed E-state index contributed by atoms with van der Waals surface area (Å²) in [6.45, 7) is 20.9. The number of allylic oxidation sites excluding steroid dienone is 5. The van der Waals surface area contributed by atoms with E-state index in [0.29, 0.717) is 22.7 Å². The molecule has 0 aromatic rings. The van der Waals surface area contributed by atoms with Crippen molar-refractivity contribution >= 4 is 5.97 Å². The summed E-state index contributed by atoms with van der Waals surface area (Å²) in [7, 11) is 0. The van der Waals surface area contributed by atoms with Gasteiger partial charge >= 0.3 is 5.97 Å². The van der Waals surface area contributed by atoms with Gasteiger partial charge < -0.3 is 5.11 Å². The van der Waals surface area contributed by atoms with Gasteiger partial charge in [0.15, 0.2) is 0 Å². The molecule has 1 N–H and O–H groups in total. The van der Waals surface area contributed by atoms with Gasteiger partial charge in [-0.1, -0.05) is 63.1 Å². The number of hydrogen-bond acceptors (Lipinski definition) is 1. The fraction of sp³-hybridized carbons (Fsp3) is 0.767. The van der Waals surface area contributed by atoms with Crippen LogP contribution in [0.5, 0.6) is 0 Å². The van der Waals surface area contributed by atoms with Crippen molar-refractivity contribution in [2.24, 2.45) is 39.9 Å². The Morgan fingerprint density at radius 3 is 2.47 bits per heavy atom. The molecule has 2 nitrogen and oxygen atoms in total. The minimum atomic E-state index is -0.674. The molecule has 32 heavy (non-hydrogen) atoms. The molecule has 0 aliphatic heterocycles.